The summed E-state index contributed by atoms with van der Waals surface area (Å²) in [5, 5.41) is 28.1. The van der Waals surface area contributed by atoms with Gasteiger partial charge in [-0.25, -0.2) is 19.9 Å². The molecule has 256 valence electrons. The Morgan fingerprint density at radius 2 is 1.96 bits per heavy atom. The number of aryl methyl sites for hydroxylation is 2. The van der Waals surface area contributed by atoms with E-state index in [-0.39, 0.29) is 29.9 Å². The van der Waals surface area contributed by atoms with Crippen LogP contribution in [0.4, 0.5) is 4.39 Å². The lowest BCUT2D eigenvalue weighted by Gasteiger charge is -2.28. The van der Waals surface area contributed by atoms with Gasteiger partial charge in [0.1, 0.15) is 17.6 Å². The molecule has 4 bridgehead atoms. The van der Waals surface area contributed by atoms with E-state index in [9.17, 15) is 15.0 Å². The smallest absolute Gasteiger partial charge is 0.303 e. The van der Waals surface area contributed by atoms with Crippen LogP contribution < -0.4 is 11.6 Å². The van der Waals surface area contributed by atoms with Gasteiger partial charge in [-0.3, -0.25) is 9.78 Å². The van der Waals surface area contributed by atoms with Gasteiger partial charge in [0.15, 0.2) is 11.6 Å². The third-order valence-corrected chi connectivity index (χ3v) is 9.60. The van der Waals surface area contributed by atoms with E-state index in [1.807, 2.05) is 30.3 Å². The molecule has 7 N–H and O–H groups in total. The van der Waals surface area contributed by atoms with E-state index in [4.69, 9.17) is 21.7 Å². The molecule has 6 rings (SSSR count). The number of hydrogen-bond donors (Lipinski definition) is 5. The molecule has 0 spiro atoms. The average Bonchev–Trinajstić information content (AvgIpc) is 3.69. The predicted molar refractivity (Wildman–Crippen MR) is 185 cm³/mol. The van der Waals surface area contributed by atoms with Gasteiger partial charge in [-0.15, -0.1) is 0 Å². The number of nitrogens with zero attached hydrogens (tertiary/aromatic N) is 5. The van der Waals surface area contributed by atoms with Crippen molar-refractivity contribution in [1.82, 2.24) is 29.7 Å². The number of hydrogen-bond acceptors (Lipinski definition) is 8. The van der Waals surface area contributed by atoms with Gasteiger partial charge in [0.2, 0.25) is 0 Å². The fraction of sp³-hybridized carbons (Fsp3) is 0.351. The number of benzene rings is 2. The normalized spacial score (nSPS) is 19.7. The molecular weight excluding hydrogens is 623 g/mol. The van der Waals surface area contributed by atoms with Crippen molar-refractivity contribution >= 4 is 16.9 Å². The van der Waals surface area contributed by atoms with Crippen molar-refractivity contribution in [1.29, 1.82) is 0 Å². The van der Waals surface area contributed by atoms with Crippen LogP contribution in [0, 0.1) is 11.2 Å². The number of aliphatic hydroxyl groups is 1. The molecule has 0 saturated carbocycles. The van der Waals surface area contributed by atoms with Crippen molar-refractivity contribution in [2.45, 2.75) is 70.9 Å². The molecule has 1 aliphatic heterocycles. The van der Waals surface area contributed by atoms with Crippen LogP contribution in [-0.4, -0.2) is 45.9 Å². The molecule has 0 radical (unpaired) electrons. The summed E-state index contributed by atoms with van der Waals surface area (Å²) in [6.45, 7) is 4.26. The maximum absolute atomic E-state index is 15.9. The van der Waals surface area contributed by atoms with Crippen molar-refractivity contribution in [3.8, 4) is 11.5 Å². The molecule has 0 saturated heterocycles. The maximum atomic E-state index is 15.9. The summed E-state index contributed by atoms with van der Waals surface area (Å²) in [6.07, 6.45) is 7.40. The number of allylic oxidation sites excluding steroid dienone is 1. The van der Waals surface area contributed by atoms with Gasteiger partial charge in [-0.1, -0.05) is 51.0 Å². The van der Waals surface area contributed by atoms with Crippen LogP contribution >= 0.6 is 0 Å². The van der Waals surface area contributed by atoms with Crippen molar-refractivity contribution in [3.05, 3.63) is 112 Å². The van der Waals surface area contributed by atoms with Gasteiger partial charge in [-0.05, 0) is 65.8 Å². The van der Waals surface area contributed by atoms with Crippen molar-refractivity contribution < 1.29 is 19.4 Å². The molecule has 0 amide bonds. The highest BCUT2D eigenvalue weighted by Gasteiger charge is 2.27. The highest BCUT2D eigenvalue weighted by atomic mass is 19.1. The molecule has 1 aliphatic rings. The van der Waals surface area contributed by atoms with E-state index in [1.54, 1.807) is 42.5 Å². The first-order valence-corrected chi connectivity index (χ1v) is 16.5. The first-order chi connectivity index (χ1) is 23.4. The number of nitrogens with one attached hydrogen (secondary N) is 1. The van der Waals surface area contributed by atoms with Gasteiger partial charge in [0.05, 0.1) is 6.54 Å². The molecule has 11 nitrogen and oxygen atoms in total. The first kappa shape index (κ1) is 33.8. The van der Waals surface area contributed by atoms with E-state index in [0.717, 1.165) is 42.2 Å². The van der Waals surface area contributed by atoms with Crippen LogP contribution in [0.1, 0.15) is 91.6 Å². The topological polar surface area (TPSA) is 172 Å². The molecule has 0 aliphatic carbocycles. The van der Waals surface area contributed by atoms with E-state index < -0.39 is 17.9 Å². The summed E-state index contributed by atoms with van der Waals surface area (Å²) >= 11 is 0. The van der Waals surface area contributed by atoms with Crippen LogP contribution in [0.3, 0.4) is 0 Å². The van der Waals surface area contributed by atoms with Crippen LogP contribution in [0.15, 0.2) is 72.8 Å². The lowest BCUT2D eigenvalue weighted by molar-refractivity contribution is -0.136. The van der Waals surface area contributed by atoms with Crippen molar-refractivity contribution in [3.63, 3.8) is 0 Å². The number of carbonyl (C=O) groups is 1. The number of rotatable bonds is 4. The number of pyridine rings is 1. The minimum Gasteiger partial charge on any atom is -0.481 e. The van der Waals surface area contributed by atoms with E-state index >= 15 is 4.39 Å². The maximum Gasteiger partial charge on any atom is 0.303 e. The Hall–Kier alpha value is -5.07. The van der Waals surface area contributed by atoms with Crippen LogP contribution in [0.2, 0.25) is 0 Å². The number of nitrogens with two attached hydrogens (primary N) is 2. The Labute approximate surface area is 284 Å². The molecule has 5 aromatic rings. The van der Waals surface area contributed by atoms with Gasteiger partial charge in [0, 0.05) is 65.6 Å². The number of carboxylic acids is 1. The number of halogens is 1. The second kappa shape index (κ2) is 13.8. The minimum absolute atomic E-state index is 0.0443. The summed E-state index contributed by atoms with van der Waals surface area (Å²) in [7, 11) is 1.80. The van der Waals surface area contributed by atoms with Crippen molar-refractivity contribution in [2.24, 2.45) is 24.0 Å². The zero-order valence-corrected chi connectivity index (χ0v) is 28.0. The average molecular weight is 667 g/mol. The van der Waals surface area contributed by atoms with Crippen molar-refractivity contribution in [2.75, 3.05) is 0 Å². The number of H-pyrrole nitrogens is 1. The van der Waals surface area contributed by atoms with Gasteiger partial charge < -0.3 is 25.9 Å². The molecule has 4 heterocycles. The summed E-state index contributed by atoms with van der Waals surface area (Å²) in [5.41, 5.74) is 11.0. The summed E-state index contributed by atoms with van der Waals surface area (Å²) in [5.74, 6) is 6.07. The van der Waals surface area contributed by atoms with Crippen LogP contribution in [0.5, 0.6) is 0 Å². The SMILES string of the molecule is Cn1nc2nc1-c1cc(ccn1)C(O)c1c(F)cc3[nH]ccc3c1CN(N)/C=C(\N)C(C)(C)CCCCC2c1cccc(CCC(=O)O)c1. The van der Waals surface area contributed by atoms with Crippen LogP contribution in [0.25, 0.3) is 22.4 Å². The van der Waals surface area contributed by atoms with E-state index in [2.05, 4.69) is 23.8 Å². The number of aromatic nitrogens is 5. The molecule has 49 heavy (non-hydrogen) atoms. The zero-order chi connectivity index (χ0) is 34.9. The highest BCUT2D eigenvalue weighted by Crippen LogP contribution is 2.37. The molecule has 0 fully saturated rings. The quantitative estimate of drug-likeness (QED) is 0.149. The summed E-state index contributed by atoms with van der Waals surface area (Å²) in [4.78, 5) is 23.9. The number of aromatic amines is 1. The Kier molecular flexibility index (Phi) is 9.53. The Morgan fingerprint density at radius 1 is 1.14 bits per heavy atom. The Bertz CT molecular complexity index is 2020. The van der Waals surface area contributed by atoms with Gasteiger partial charge in [-0.2, -0.15) is 5.10 Å². The van der Waals surface area contributed by atoms with Gasteiger partial charge >= 0.3 is 5.97 Å². The largest absolute Gasteiger partial charge is 0.481 e. The minimum atomic E-state index is -1.33. The number of fused-ring (bicyclic) bond motifs is 8. The second-order valence-electron chi connectivity index (χ2n) is 13.6. The zero-order valence-electron chi connectivity index (χ0n) is 28.0. The lowest BCUT2D eigenvalue weighted by Crippen LogP contribution is -2.30. The fourth-order valence-corrected chi connectivity index (χ4v) is 6.71. The predicted octanol–water partition coefficient (Wildman–Crippen LogP) is 5.80. The molecular formula is C37H43FN8O3. The monoisotopic (exact) mass is 666 g/mol. The van der Waals surface area contributed by atoms with E-state index in [0.29, 0.717) is 46.1 Å². The lowest BCUT2D eigenvalue weighted by atomic mass is 9.83. The second-order valence-corrected chi connectivity index (χ2v) is 13.6. The van der Waals surface area contributed by atoms with Gasteiger partial charge in [0.25, 0.3) is 0 Å². The fourth-order valence-electron chi connectivity index (χ4n) is 6.71. The summed E-state index contributed by atoms with van der Waals surface area (Å²) < 4.78 is 17.6. The third-order valence-electron chi connectivity index (χ3n) is 9.60. The number of aliphatic carboxylic acids is 1. The molecule has 2 unspecified atom stereocenters. The first-order valence-electron chi connectivity index (χ1n) is 16.5. The Morgan fingerprint density at radius 3 is 2.76 bits per heavy atom. The summed E-state index contributed by atoms with van der Waals surface area (Å²) in [6, 6.07) is 14.6. The highest BCUT2D eigenvalue weighted by molar-refractivity contribution is 5.84. The number of hydrazine groups is 1. The van der Waals surface area contributed by atoms with E-state index in [1.165, 1.54) is 11.1 Å². The van der Waals surface area contributed by atoms with Crippen LogP contribution in [-0.2, 0) is 24.8 Å². The molecule has 12 heteroatoms. The molecule has 3 aromatic heterocycles. The standard InChI is InChI=1S/C37H43FN8O3/c1-37(2)14-5-4-9-25(23-8-6-7-22(17-23)10-11-32(47)48)35-43-36(45(3)44-35)30-18-24(12-15-42-30)34(49)33-27(20-46(40)21-31(37)39)26-13-16-41-29(26)19-28(33)38/h6-8,12-13,15-19,21,25,34,41,49H,4-5,9-11,14,20,39-40H2,1-3H3,(H,47,48)/b31-21-. The molecule has 2 aromatic carbocycles. The molecule has 2 atom stereocenters. The number of aliphatic hydroxyl groups excluding tert-OH is 1. The third kappa shape index (κ3) is 7.20. The number of carboxylic acid groups (broad SMARTS) is 1. The Balaban J connectivity index is 1.47.